The molecule has 0 unspecified atom stereocenters. The number of aliphatic hydroxyl groups excluding tert-OH is 1. The van der Waals surface area contributed by atoms with Gasteiger partial charge in [0.25, 0.3) is 0 Å². The van der Waals surface area contributed by atoms with Crippen LogP contribution in [0.2, 0.25) is 0 Å². The number of carbonyl (C=O) groups excluding carboxylic acids is 1. The van der Waals surface area contributed by atoms with Crippen molar-refractivity contribution in [1.29, 1.82) is 0 Å². The standard InChI is InChI=1S/C49H58N4O6.Fe/c1-9-34-31(6)39-25-45-49(46(55)18-12-17-30(5)16-11-15-29(4)14-10-13-28(2)3)33(8)40(52-45)24-44-37(27-54)36(20-22-48(58)59)43(53-44)26-42-35(19-21-47(56)57)32(7)38(51-42)23-41(34)50-39;/h9,13,15,17,23-27,46,55H,1,10-12,14,16,18-22H2,2-8H3,(H4,50,51,52,53,54,56,57,58,59);/p-2/b29-15+,30-17+,38-23?,39-25?,40-24?,41-23?,42-26?,43-26?,44-24?,45-25?;/t46-;/m0./s1. The number of carboxylic acids is 2. The summed E-state index contributed by atoms with van der Waals surface area (Å²) < 4.78 is 0. The molecule has 0 fully saturated rings. The Kier molecular flexibility index (Phi) is 16.8. The fourth-order valence-electron chi connectivity index (χ4n) is 7.72. The predicted octanol–water partition coefficient (Wildman–Crippen LogP) is 10.6. The maximum atomic E-state index is 12.8. The van der Waals surface area contributed by atoms with Gasteiger partial charge in [0.2, 0.25) is 0 Å². The number of aryl methyl sites for hydroxylation is 2. The van der Waals surface area contributed by atoms with Crippen molar-refractivity contribution in [2.24, 2.45) is 0 Å². The number of aromatic nitrogens is 4. The van der Waals surface area contributed by atoms with Crippen LogP contribution < -0.4 is 9.97 Å². The monoisotopic (exact) mass is 852 g/mol. The first kappa shape index (κ1) is 47.3. The van der Waals surface area contributed by atoms with Gasteiger partial charge in [-0.05, 0) is 122 Å². The van der Waals surface area contributed by atoms with Crippen molar-refractivity contribution in [1.82, 2.24) is 19.9 Å². The summed E-state index contributed by atoms with van der Waals surface area (Å²) in [7, 11) is 0. The van der Waals surface area contributed by atoms with Crippen LogP contribution >= 0.6 is 0 Å². The van der Waals surface area contributed by atoms with Crippen molar-refractivity contribution >= 4 is 68.7 Å². The van der Waals surface area contributed by atoms with Crippen LogP contribution in [0.5, 0.6) is 0 Å². The molecule has 2 aliphatic heterocycles. The fourth-order valence-corrected chi connectivity index (χ4v) is 7.72. The Labute approximate surface area is 363 Å². The number of hydrogen-bond acceptors (Lipinski definition) is 6. The van der Waals surface area contributed by atoms with Gasteiger partial charge in [-0.2, -0.15) is 0 Å². The van der Waals surface area contributed by atoms with E-state index in [1.807, 2.05) is 32.9 Å². The van der Waals surface area contributed by atoms with Gasteiger partial charge in [-0.1, -0.05) is 83.0 Å². The molecule has 0 saturated carbocycles. The van der Waals surface area contributed by atoms with Gasteiger partial charge in [-0.15, -0.1) is 22.1 Å². The number of hydrogen-bond donors (Lipinski definition) is 3. The van der Waals surface area contributed by atoms with Crippen molar-refractivity contribution in [3.05, 3.63) is 111 Å². The van der Waals surface area contributed by atoms with Crippen LogP contribution in [0.4, 0.5) is 0 Å². The Morgan fingerprint density at radius 1 is 0.700 bits per heavy atom. The van der Waals surface area contributed by atoms with Crippen molar-refractivity contribution in [3.63, 3.8) is 0 Å². The SMILES string of the molecule is C=Cc1c(C)c2cc3nc(cc4[n-]c(cc5nc(cc1[n-]2)C(C)=C5CCC(=O)O)c(CCC(=O)O)c4C=O)C(C)=C3[C@@H](O)CC/C=C(\C)CC/C=C(\C)CCC=C(C)C.[Fe]. The number of aliphatic carboxylic acids is 2. The average Bonchev–Trinajstić information content (AvgIpc) is 3.85. The van der Waals surface area contributed by atoms with E-state index < -0.39 is 18.0 Å². The summed E-state index contributed by atoms with van der Waals surface area (Å²) in [6, 6.07) is 7.13. The minimum atomic E-state index is -1.02. The van der Waals surface area contributed by atoms with E-state index in [0.717, 1.165) is 48.0 Å². The van der Waals surface area contributed by atoms with Gasteiger partial charge in [0.1, 0.15) is 6.29 Å². The van der Waals surface area contributed by atoms with Gasteiger partial charge in [-0.25, -0.2) is 9.97 Å². The van der Waals surface area contributed by atoms with Gasteiger partial charge < -0.3 is 25.3 Å². The summed E-state index contributed by atoms with van der Waals surface area (Å²) in [4.78, 5) is 56.0. The second-order valence-corrected chi connectivity index (χ2v) is 15.8. The molecule has 5 heterocycles. The zero-order valence-electron chi connectivity index (χ0n) is 35.8. The normalized spacial score (nSPS) is 13.6. The van der Waals surface area contributed by atoms with Crippen molar-refractivity contribution in [2.75, 3.05) is 0 Å². The van der Waals surface area contributed by atoms with Crippen LogP contribution in [0.1, 0.15) is 149 Å². The second-order valence-electron chi connectivity index (χ2n) is 15.8. The molecular weight excluding hydrogens is 796 g/mol. The molecule has 10 nitrogen and oxygen atoms in total. The molecule has 0 aromatic carbocycles. The zero-order valence-corrected chi connectivity index (χ0v) is 36.9. The van der Waals surface area contributed by atoms with E-state index in [1.54, 1.807) is 18.2 Å². The van der Waals surface area contributed by atoms with E-state index in [9.17, 15) is 29.7 Å². The summed E-state index contributed by atoms with van der Waals surface area (Å²) in [6.07, 6.45) is 13.4. The van der Waals surface area contributed by atoms with Crippen molar-refractivity contribution < 1.29 is 46.8 Å². The van der Waals surface area contributed by atoms with E-state index in [4.69, 9.17) is 19.9 Å². The Balaban J connectivity index is 0.00000794. The van der Waals surface area contributed by atoms with Gasteiger partial charge in [0.05, 0.1) is 28.9 Å². The minimum Gasteiger partial charge on any atom is -0.657 e. The third kappa shape index (κ3) is 11.5. The maximum Gasteiger partial charge on any atom is 0.303 e. The molecule has 5 rings (SSSR count). The van der Waals surface area contributed by atoms with Gasteiger partial charge in [0, 0.05) is 41.0 Å². The predicted molar refractivity (Wildman–Crippen MR) is 238 cm³/mol. The maximum absolute atomic E-state index is 12.8. The van der Waals surface area contributed by atoms with Crippen LogP contribution in [0, 0.1) is 6.92 Å². The van der Waals surface area contributed by atoms with Crippen molar-refractivity contribution in [3.8, 4) is 0 Å². The number of rotatable bonds is 18. The first-order valence-corrected chi connectivity index (χ1v) is 20.3. The quantitative estimate of drug-likeness (QED) is 0.0637. The molecule has 1 atom stereocenters. The molecule has 0 amide bonds. The molecule has 3 N–H and O–H groups in total. The van der Waals surface area contributed by atoms with E-state index in [1.165, 1.54) is 16.7 Å². The number of fused-ring (bicyclic) bond motifs is 8. The van der Waals surface area contributed by atoms with Crippen LogP contribution in [0.25, 0.3) is 50.4 Å². The van der Waals surface area contributed by atoms with E-state index >= 15 is 0 Å². The molecule has 0 aliphatic carbocycles. The minimum absolute atomic E-state index is 0. The molecule has 0 saturated heterocycles. The number of aliphatic hydroxyl groups is 1. The number of aldehydes is 1. The molecule has 0 spiro atoms. The van der Waals surface area contributed by atoms with Crippen molar-refractivity contribution in [2.45, 2.75) is 119 Å². The number of nitrogens with zero attached hydrogens (tertiary/aromatic N) is 4. The molecule has 3 aromatic heterocycles. The molecule has 3 aromatic rings. The number of allylic oxidation sites excluding steroid dienone is 9. The van der Waals surface area contributed by atoms with Gasteiger partial charge >= 0.3 is 11.9 Å². The molecule has 11 heteroatoms. The Morgan fingerprint density at radius 3 is 1.85 bits per heavy atom. The van der Waals surface area contributed by atoms with Gasteiger partial charge in [-0.3, -0.25) is 14.4 Å². The first-order valence-electron chi connectivity index (χ1n) is 20.3. The number of carboxylic acid groups (broad SMARTS) is 2. The molecule has 318 valence electrons. The Hall–Kier alpha value is -5.35. The third-order valence-corrected chi connectivity index (χ3v) is 11.1. The zero-order chi connectivity index (χ0) is 43.0. The van der Waals surface area contributed by atoms with Crippen LogP contribution in [0.3, 0.4) is 0 Å². The summed E-state index contributed by atoms with van der Waals surface area (Å²) in [5.74, 6) is -1.98. The van der Waals surface area contributed by atoms with E-state index in [2.05, 4.69) is 52.5 Å². The Bertz CT molecular complexity index is 2490. The van der Waals surface area contributed by atoms with E-state index in [0.29, 0.717) is 80.7 Å². The summed E-state index contributed by atoms with van der Waals surface area (Å²) in [6.45, 7) is 18.4. The second kappa shape index (κ2) is 21.3. The Morgan fingerprint density at radius 2 is 1.23 bits per heavy atom. The largest absolute Gasteiger partial charge is 0.657 e. The molecule has 2 aliphatic rings. The number of carbonyl (C=O) groups is 3. The molecule has 8 bridgehead atoms. The van der Waals surface area contributed by atoms with Gasteiger partial charge in [0.15, 0.2) is 0 Å². The third-order valence-electron chi connectivity index (χ3n) is 11.1. The van der Waals surface area contributed by atoms with Crippen LogP contribution in [-0.2, 0) is 33.1 Å². The van der Waals surface area contributed by atoms with E-state index in [-0.39, 0.29) is 48.3 Å². The van der Waals surface area contributed by atoms with Crippen LogP contribution in [0.15, 0.2) is 65.8 Å². The summed E-state index contributed by atoms with van der Waals surface area (Å²) in [5.41, 5.74) is 13.3. The smallest absolute Gasteiger partial charge is 0.303 e. The summed E-state index contributed by atoms with van der Waals surface area (Å²) >= 11 is 0. The molecule has 0 radical (unpaired) electrons. The molecular formula is C49H56FeN4O6-2. The first-order chi connectivity index (χ1) is 28.1. The topological polar surface area (TPSA) is 166 Å². The average molecular weight is 853 g/mol. The molecule has 60 heavy (non-hydrogen) atoms. The summed E-state index contributed by atoms with van der Waals surface area (Å²) in [5, 5.41) is 31.0. The van der Waals surface area contributed by atoms with Crippen LogP contribution in [-0.4, -0.2) is 49.6 Å². The fraction of sp³-hybridized carbons (Fsp3) is 0.367.